The van der Waals surface area contributed by atoms with E-state index in [1.54, 1.807) is 0 Å². The molecule has 0 amide bonds. The standard InChI is InChI=1S/C3H7O4P/c1-2-3-8(5,6)7-4/h2,4H,1,3H2,(H,5,6). The zero-order valence-electron chi connectivity index (χ0n) is 4.15. The Balaban J connectivity index is 3.72. The van der Waals surface area contributed by atoms with Crippen molar-refractivity contribution in [3.05, 3.63) is 12.7 Å². The van der Waals surface area contributed by atoms with Crippen molar-refractivity contribution < 1.29 is 19.4 Å². The second-order valence-electron chi connectivity index (χ2n) is 1.19. The first-order chi connectivity index (χ1) is 3.62. The molecule has 0 aromatic rings. The molecule has 48 valence electrons. The molecule has 0 radical (unpaired) electrons. The van der Waals surface area contributed by atoms with Gasteiger partial charge in [0.2, 0.25) is 0 Å². The minimum atomic E-state index is -3.74. The van der Waals surface area contributed by atoms with Crippen LogP contribution in [0, 0.1) is 0 Å². The van der Waals surface area contributed by atoms with E-state index in [9.17, 15) is 4.57 Å². The Morgan fingerprint density at radius 3 is 2.50 bits per heavy atom. The highest BCUT2D eigenvalue weighted by atomic mass is 31.2. The highest BCUT2D eigenvalue weighted by Gasteiger charge is 2.14. The fraction of sp³-hybridized carbons (Fsp3) is 0.333. The number of hydrogen-bond donors (Lipinski definition) is 2. The van der Waals surface area contributed by atoms with E-state index in [4.69, 9.17) is 10.2 Å². The summed E-state index contributed by atoms with van der Waals surface area (Å²) in [7, 11) is -3.74. The molecule has 0 aliphatic carbocycles. The van der Waals surface area contributed by atoms with Crippen LogP contribution in [-0.4, -0.2) is 16.3 Å². The van der Waals surface area contributed by atoms with Crippen molar-refractivity contribution in [2.24, 2.45) is 0 Å². The van der Waals surface area contributed by atoms with E-state index >= 15 is 0 Å². The Morgan fingerprint density at radius 2 is 2.38 bits per heavy atom. The van der Waals surface area contributed by atoms with Gasteiger partial charge in [-0.25, -0.2) is 5.26 Å². The van der Waals surface area contributed by atoms with Crippen molar-refractivity contribution in [1.29, 1.82) is 0 Å². The monoisotopic (exact) mass is 138 g/mol. The number of hydrogen-bond acceptors (Lipinski definition) is 3. The van der Waals surface area contributed by atoms with E-state index in [0.717, 1.165) is 0 Å². The van der Waals surface area contributed by atoms with Crippen LogP contribution < -0.4 is 0 Å². The molecule has 0 saturated carbocycles. The summed E-state index contributed by atoms with van der Waals surface area (Å²) < 4.78 is 13.4. The van der Waals surface area contributed by atoms with E-state index in [1.165, 1.54) is 6.08 Å². The zero-order chi connectivity index (χ0) is 6.62. The van der Waals surface area contributed by atoms with Crippen LogP contribution in [0.3, 0.4) is 0 Å². The van der Waals surface area contributed by atoms with Gasteiger partial charge >= 0.3 is 7.60 Å². The van der Waals surface area contributed by atoms with Gasteiger partial charge < -0.3 is 4.89 Å². The predicted octanol–water partition coefficient (Wildman–Crippen LogP) is 0.847. The number of allylic oxidation sites excluding steroid dienone is 1. The summed E-state index contributed by atoms with van der Waals surface area (Å²) in [6.07, 6.45) is 0.959. The van der Waals surface area contributed by atoms with Crippen LogP contribution >= 0.6 is 7.60 Å². The molecular weight excluding hydrogens is 131 g/mol. The van der Waals surface area contributed by atoms with Gasteiger partial charge in [-0.15, -0.1) is 6.58 Å². The van der Waals surface area contributed by atoms with E-state index in [-0.39, 0.29) is 6.16 Å². The molecule has 0 aliphatic heterocycles. The van der Waals surface area contributed by atoms with Gasteiger partial charge in [-0.3, -0.25) is 4.57 Å². The molecular formula is C3H7O4P. The lowest BCUT2D eigenvalue weighted by atomic mass is 10.8. The van der Waals surface area contributed by atoms with E-state index < -0.39 is 7.60 Å². The quantitative estimate of drug-likeness (QED) is 0.262. The summed E-state index contributed by atoms with van der Waals surface area (Å²) in [6.45, 7) is 3.17. The summed E-state index contributed by atoms with van der Waals surface area (Å²) in [5, 5.41) is 7.66. The van der Waals surface area contributed by atoms with Gasteiger partial charge in [0.05, 0.1) is 6.16 Å². The number of rotatable bonds is 3. The molecule has 2 N–H and O–H groups in total. The third kappa shape index (κ3) is 2.93. The zero-order valence-corrected chi connectivity index (χ0v) is 5.04. The molecule has 0 bridgehead atoms. The second-order valence-corrected chi connectivity index (χ2v) is 2.99. The van der Waals surface area contributed by atoms with Crippen LogP contribution in [0.5, 0.6) is 0 Å². The molecule has 0 fully saturated rings. The average molecular weight is 138 g/mol. The van der Waals surface area contributed by atoms with Gasteiger partial charge in [0.15, 0.2) is 0 Å². The Labute approximate surface area is 46.9 Å². The van der Waals surface area contributed by atoms with Crippen LogP contribution in [-0.2, 0) is 9.24 Å². The van der Waals surface area contributed by atoms with Crippen molar-refractivity contribution in [2.75, 3.05) is 6.16 Å². The minimum absolute atomic E-state index is 0.233. The molecule has 0 spiro atoms. The first-order valence-electron chi connectivity index (χ1n) is 1.88. The maximum atomic E-state index is 10.2. The molecule has 0 aromatic heterocycles. The topological polar surface area (TPSA) is 66.8 Å². The third-order valence-corrected chi connectivity index (χ3v) is 1.46. The second kappa shape index (κ2) is 2.99. The third-order valence-electron chi connectivity index (χ3n) is 0.487. The first-order valence-corrected chi connectivity index (χ1v) is 3.64. The van der Waals surface area contributed by atoms with Gasteiger partial charge in [0.1, 0.15) is 0 Å². The van der Waals surface area contributed by atoms with E-state index in [1.807, 2.05) is 0 Å². The molecule has 4 nitrogen and oxygen atoms in total. The van der Waals surface area contributed by atoms with E-state index in [0.29, 0.717) is 0 Å². The highest BCUT2D eigenvalue weighted by Crippen LogP contribution is 2.39. The van der Waals surface area contributed by atoms with Crippen LogP contribution in [0.1, 0.15) is 0 Å². The van der Waals surface area contributed by atoms with Gasteiger partial charge in [-0.1, -0.05) is 6.08 Å². The Bertz CT molecular complexity index is 120. The van der Waals surface area contributed by atoms with Gasteiger partial charge in [0, 0.05) is 0 Å². The summed E-state index contributed by atoms with van der Waals surface area (Å²) in [5.41, 5.74) is 0. The van der Waals surface area contributed by atoms with Crippen molar-refractivity contribution in [3.8, 4) is 0 Å². The summed E-state index contributed by atoms with van der Waals surface area (Å²) in [4.78, 5) is 8.34. The van der Waals surface area contributed by atoms with Gasteiger partial charge in [-0.05, 0) is 0 Å². The Hall–Kier alpha value is -0.150. The molecule has 0 saturated heterocycles. The lowest BCUT2D eigenvalue weighted by Crippen LogP contribution is -1.85. The Kier molecular flexibility index (Phi) is 2.94. The molecule has 8 heavy (non-hydrogen) atoms. The minimum Gasteiger partial charge on any atom is -0.323 e. The van der Waals surface area contributed by atoms with Crippen LogP contribution in [0.4, 0.5) is 0 Å². The van der Waals surface area contributed by atoms with Crippen LogP contribution in [0.25, 0.3) is 0 Å². The largest absolute Gasteiger partial charge is 0.358 e. The smallest absolute Gasteiger partial charge is 0.323 e. The van der Waals surface area contributed by atoms with Crippen molar-refractivity contribution in [1.82, 2.24) is 0 Å². The van der Waals surface area contributed by atoms with Crippen molar-refractivity contribution in [2.45, 2.75) is 0 Å². The fourth-order valence-electron chi connectivity index (χ4n) is 0.196. The predicted molar refractivity (Wildman–Crippen MR) is 28.6 cm³/mol. The van der Waals surface area contributed by atoms with Crippen molar-refractivity contribution >= 4 is 7.60 Å². The molecule has 0 aliphatic rings. The highest BCUT2D eigenvalue weighted by molar-refractivity contribution is 7.52. The fourth-order valence-corrected chi connectivity index (χ4v) is 0.589. The Morgan fingerprint density at radius 1 is 1.88 bits per heavy atom. The van der Waals surface area contributed by atoms with Crippen LogP contribution in [0.15, 0.2) is 12.7 Å². The molecule has 1 atom stereocenters. The molecule has 0 heterocycles. The summed E-state index contributed by atoms with van der Waals surface area (Å²) in [5.74, 6) is 0. The maximum Gasteiger partial charge on any atom is 0.358 e. The molecule has 0 aromatic carbocycles. The first kappa shape index (κ1) is 7.85. The lowest BCUT2D eigenvalue weighted by molar-refractivity contribution is -0.145. The normalized spacial score (nSPS) is 17.2. The molecule has 0 rings (SSSR count). The molecule has 1 unspecified atom stereocenters. The lowest BCUT2D eigenvalue weighted by Gasteiger charge is -1.99. The van der Waals surface area contributed by atoms with Crippen LogP contribution in [0.2, 0.25) is 0 Å². The van der Waals surface area contributed by atoms with E-state index in [2.05, 4.69) is 11.3 Å². The molecule has 5 heteroatoms. The van der Waals surface area contributed by atoms with Crippen molar-refractivity contribution in [3.63, 3.8) is 0 Å². The van der Waals surface area contributed by atoms with Gasteiger partial charge in [0.25, 0.3) is 0 Å². The summed E-state index contributed by atoms with van der Waals surface area (Å²) >= 11 is 0. The average Bonchev–Trinajstić information content (AvgIpc) is 1.67. The van der Waals surface area contributed by atoms with Gasteiger partial charge in [-0.2, -0.15) is 4.67 Å². The SMILES string of the molecule is C=CCP(=O)(O)OO. The summed E-state index contributed by atoms with van der Waals surface area (Å²) in [6, 6.07) is 0. The maximum absolute atomic E-state index is 10.2.